The maximum Gasteiger partial charge on any atom is 0.220 e. The fourth-order valence-corrected chi connectivity index (χ4v) is 2.30. The molecule has 0 aliphatic heterocycles. The highest BCUT2D eigenvalue weighted by atomic mass is 16.5. The Bertz CT molecular complexity index is 661. The standard InChI is InChI=1S/C18H22N2O4/c1-23-14-6-7-15(17(11-14)24-2)16(21)8-9-18(22)20-12-13-5-3-4-10-19-13/h3-7,10-11,16,21H,8-9,12H2,1-2H3,(H,20,22). The van der Waals surface area contributed by atoms with Crippen LogP contribution in [0.25, 0.3) is 0 Å². The third-order valence-electron chi connectivity index (χ3n) is 3.64. The Morgan fingerprint density at radius 2 is 2.08 bits per heavy atom. The zero-order chi connectivity index (χ0) is 17.4. The summed E-state index contributed by atoms with van der Waals surface area (Å²) < 4.78 is 10.4. The van der Waals surface area contributed by atoms with Crippen LogP contribution in [-0.2, 0) is 11.3 Å². The third-order valence-corrected chi connectivity index (χ3v) is 3.64. The molecular weight excluding hydrogens is 308 g/mol. The molecule has 0 bridgehead atoms. The minimum Gasteiger partial charge on any atom is -0.497 e. The van der Waals surface area contributed by atoms with Gasteiger partial charge < -0.3 is 19.9 Å². The molecule has 0 saturated carbocycles. The number of aliphatic hydroxyl groups is 1. The van der Waals surface area contributed by atoms with Crippen LogP contribution in [0.4, 0.5) is 0 Å². The van der Waals surface area contributed by atoms with Crippen molar-refractivity contribution in [3.05, 3.63) is 53.9 Å². The fraction of sp³-hybridized carbons (Fsp3) is 0.333. The second-order valence-electron chi connectivity index (χ2n) is 5.26. The summed E-state index contributed by atoms with van der Waals surface area (Å²) in [6.07, 6.45) is 1.41. The molecule has 1 aromatic heterocycles. The average molecular weight is 330 g/mol. The number of hydrogen-bond donors (Lipinski definition) is 2. The minimum absolute atomic E-state index is 0.132. The smallest absolute Gasteiger partial charge is 0.220 e. The van der Waals surface area contributed by atoms with E-state index in [1.807, 2.05) is 18.2 Å². The molecule has 0 aliphatic rings. The second-order valence-corrected chi connectivity index (χ2v) is 5.26. The number of nitrogens with zero attached hydrogens (tertiary/aromatic N) is 1. The predicted octanol–water partition coefficient (Wildman–Crippen LogP) is 2.23. The molecule has 0 spiro atoms. The topological polar surface area (TPSA) is 80.7 Å². The number of ether oxygens (including phenoxy) is 2. The van der Waals surface area contributed by atoms with E-state index in [0.717, 1.165) is 5.69 Å². The van der Waals surface area contributed by atoms with Gasteiger partial charge in [-0.3, -0.25) is 9.78 Å². The number of amides is 1. The lowest BCUT2D eigenvalue weighted by Gasteiger charge is -2.15. The lowest BCUT2D eigenvalue weighted by atomic mass is 10.0. The Morgan fingerprint density at radius 3 is 2.75 bits per heavy atom. The molecule has 2 rings (SSSR count). The quantitative estimate of drug-likeness (QED) is 0.776. The number of methoxy groups -OCH3 is 2. The van der Waals surface area contributed by atoms with E-state index in [-0.39, 0.29) is 12.3 Å². The summed E-state index contributed by atoms with van der Waals surface area (Å²) in [6, 6.07) is 10.7. The molecule has 1 unspecified atom stereocenters. The molecule has 1 aromatic carbocycles. The predicted molar refractivity (Wildman–Crippen MR) is 89.8 cm³/mol. The molecular formula is C18H22N2O4. The van der Waals surface area contributed by atoms with Gasteiger partial charge in [-0.05, 0) is 30.7 Å². The van der Waals surface area contributed by atoms with Gasteiger partial charge in [0, 0.05) is 24.2 Å². The molecule has 0 saturated heterocycles. The van der Waals surface area contributed by atoms with Gasteiger partial charge >= 0.3 is 0 Å². The normalized spacial score (nSPS) is 11.6. The molecule has 0 aliphatic carbocycles. The SMILES string of the molecule is COc1ccc(C(O)CCC(=O)NCc2ccccn2)c(OC)c1. The van der Waals surface area contributed by atoms with Crippen LogP contribution in [0.15, 0.2) is 42.6 Å². The van der Waals surface area contributed by atoms with Crippen molar-refractivity contribution in [1.29, 1.82) is 0 Å². The number of rotatable bonds is 8. The van der Waals surface area contributed by atoms with Gasteiger partial charge in [-0.1, -0.05) is 6.07 Å². The summed E-state index contributed by atoms with van der Waals surface area (Å²) in [4.78, 5) is 16.0. The van der Waals surface area contributed by atoms with Gasteiger partial charge in [0.15, 0.2) is 0 Å². The van der Waals surface area contributed by atoms with Gasteiger partial charge in [0.05, 0.1) is 32.6 Å². The Morgan fingerprint density at radius 1 is 1.25 bits per heavy atom. The van der Waals surface area contributed by atoms with Gasteiger partial charge in [-0.25, -0.2) is 0 Å². The van der Waals surface area contributed by atoms with Gasteiger partial charge in [0.25, 0.3) is 0 Å². The van der Waals surface area contributed by atoms with Crippen molar-refractivity contribution >= 4 is 5.91 Å². The summed E-state index contributed by atoms with van der Waals surface area (Å²) >= 11 is 0. The molecule has 2 aromatic rings. The van der Waals surface area contributed by atoms with Crippen LogP contribution in [0.2, 0.25) is 0 Å². The van der Waals surface area contributed by atoms with Crippen molar-refractivity contribution in [3.63, 3.8) is 0 Å². The first kappa shape index (κ1) is 17.7. The summed E-state index contributed by atoms with van der Waals surface area (Å²) in [5.41, 5.74) is 1.43. The minimum atomic E-state index is -0.786. The van der Waals surface area contributed by atoms with Crippen LogP contribution < -0.4 is 14.8 Å². The van der Waals surface area contributed by atoms with E-state index in [9.17, 15) is 9.90 Å². The van der Waals surface area contributed by atoms with Crippen molar-refractivity contribution in [2.24, 2.45) is 0 Å². The Labute approximate surface area is 141 Å². The monoisotopic (exact) mass is 330 g/mol. The highest BCUT2D eigenvalue weighted by Gasteiger charge is 2.15. The lowest BCUT2D eigenvalue weighted by molar-refractivity contribution is -0.121. The average Bonchev–Trinajstić information content (AvgIpc) is 2.64. The lowest BCUT2D eigenvalue weighted by Crippen LogP contribution is -2.23. The molecule has 1 atom stereocenters. The highest BCUT2D eigenvalue weighted by Crippen LogP contribution is 2.31. The Hall–Kier alpha value is -2.60. The van der Waals surface area contributed by atoms with Gasteiger partial charge in [0.2, 0.25) is 5.91 Å². The zero-order valence-electron chi connectivity index (χ0n) is 13.9. The van der Waals surface area contributed by atoms with Gasteiger partial charge in [0.1, 0.15) is 11.5 Å². The first-order valence-corrected chi connectivity index (χ1v) is 7.70. The molecule has 6 heteroatoms. The van der Waals surface area contributed by atoms with Gasteiger partial charge in [-0.15, -0.1) is 0 Å². The van der Waals surface area contributed by atoms with Crippen molar-refractivity contribution in [3.8, 4) is 11.5 Å². The van der Waals surface area contributed by atoms with Crippen LogP contribution in [0.3, 0.4) is 0 Å². The number of nitrogens with one attached hydrogen (secondary N) is 1. The number of benzene rings is 1. The van der Waals surface area contributed by atoms with E-state index >= 15 is 0 Å². The number of aliphatic hydroxyl groups excluding tert-OH is 1. The molecule has 1 amide bonds. The van der Waals surface area contributed by atoms with Crippen molar-refractivity contribution < 1.29 is 19.4 Å². The highest BCUT2D eigenvalue weighted by molar-refractivity contribution is 5.75. The number of aromatic nitrogens is 1. The molecule has 6 nitrogen and oxygen atoms in total. The Kier molecular flexibility index (Phi) is 6.57. The van der Waals surface area contributed by atoms with E-state index < -0.39 is 6.10 Å². The van der Waals surface area contributed by atoms with Crippen molar-refractivity contribution in [1.82, 2.24) is 10.3 Å². The van der Waals surface area contributed by atoms with Crippen molar-refractivity contribution in [2.75, 3.05) is 14.2 Å². The summed E-state index contributed by atoms with van der Waals surface area (Å²) in [6.45, 7) is 0.377. The van der Waals surface area contributed by atoms with E-state index in [0.29, 0.717) is 30.0 Å². The van der Waals surface area contributed by atoms with Crippen LogP contribution in [0.5, 0.6) is 11.5 Å². The molecule has 2 N–H and O–H groups in total. The summed E-state index contributed by atoms with van der Waals surface area (Å²) in [5.74, 6) is 1.05. The summed E-state index contributed by atoms with van der Waals surface area (Å²) in [7, 11) is 3.10. The van der Waals surface area contributed by atoms with Crippen LogP contribution in [0.1, 0.15) is 30.2 Å². The maximum absolute atomic E-state index is 11.9. The number of carbonyl (C=O) groups excluding carboxylic acids is 1. The molecule has 24 heavy (non-hydrogen) atoms. The second kappa shape index (κ2) is 8.88. The summed E-state index contributed by atoms with van der Waals surface area (Å²) in [5, 5.41) is 13.1. The molecule has 0 radical (unpaired) electrons. The number of pyridine rings is 1. The van der Waals surface area contributed by atoms with E-state index in [2.05, 4.69) is 10.3 Å². The zero-order valence-corrected chi connectivity index (χ0v) is 13.9. The van der Waals surface area contributed by atoms with E-state index in [4.69, 9.17) is 9.47 Å². The molecule has 0 fully saturated rings. The fourth-order valence-electron chi connectivity index (χ4n) is 2.30. The largest absolute Gasteiger partial charge is 0.497 e. The van der Waals surface area contributed by atoms with Crippen molar-refractivity contribution in [2.45, 2.75) is 25.5 Å². The maximum atomic E-state index is 11.9. The van der Waals surface area contributed by atoms with E-state index in [1.165, 1.54) is 7.11 Å². The molecule has 128 valence electrons. The number of carbonyl (C=O) groups is 1. The van der Waals surface area contributed by atoms with Crippen LogP contribution >= 0.6 is 0 Å². The van der Waals surface area contributed by atoms with Gasteiger partial charge in [-0.2, -0.15) is 0 Å². The van der Waals surface area contributed by atoms with E-state index in [1.54, 1.807) is 31.5 Å². The molecule has 1 heterocycles. The van der Waals surface area contributed by atoms with Crippen LogP contribution in [-0.4, -0.2) is 30.2 Å². The first-order chi connectivity index (χ1) is 11.6. The first-order valence-electron chi connectivity index (χ1n) is 7.70. The van der Waals surface area contributed by atoms with Crippen LogP contribution in [0, 0.1) is 0 Å². The Balaban J connectivity index is 1.86. The number of hydrogen-bond acceptors (Lipinski definition) is 5. The third kappa shape index (κ3) is 4.96.